The van der Waals surface area contributed by atoms with Crippen LogP contribution in [0.4, 0.5) is 5.82 Å². The van der Waals surface area contributed by atoms with Crippen LogP contribution in [0.3, 0.4) is 0 Å². The number of hydrogen-bond acceptors (Lipinski definition) is 4. The summed E-state index contributed by atoms with van der Waals surface area (Å²) in [6, 6.07) is 13.4. The average Bonchev–Trinajstić information content (AvgIpc) is 2.62. The maximum atomic E-state index is 6.36. The number of aromatic nitrogens is 3. The van der Waals surface area contributed by atoms with Crippen molar-refractivity contribution in [2.24, 2.45) is 0 Å². The van der Waals surface area contributed by atoms with Gasteiger partial charge in [-0.2, -0.15) is 0 Å². The van der Waals surface area contributed by atoms with E-state index in [1.807, 2.05) is 49.4 Å². The van der Waals surface area contributed by atoms with Crippen molar-refractivity contribution in [1.29, 1.82) is 0 Å². The van der Waals surface area contributed by atoms with Crippen molar-refractivity contribution < 1.29 is 0 Å². The first-order valence-corrected chi connectivity index (χ1v) is 8.60. The highest BCUT2D eigenvalue weighted by molar-refractivity contribution is 6.41. The Labute approximate surface area is 154 Å². The van der Waals surface area contributed by atoms with E-state index < -0.39 is 0 Å². The van der Waals surface area contributed by atoms with Crippen LogP contribution < -0.4 is 5.32 Å². The van der Waals surface area contributed by atoms with E-state index in [2.05, 4.69) is 20.3 Å². The number of rotatable bonds is 3. The van der Waals surface area contributed by atoms with Gasteiger partial charge in [0.2, 0.25) is 0 Å². The molecule has 124 valence electrons. The molecule has 0 aliphatic heterocycles. The Balaban J connectivity index is 1.74. The van der Waals surface area contributed by atoms with E-state index in [1.165, 1.54) is 0 Å². The summed E-state index contributed by atoms with van der Waals surface area (Å²) in [6.07, 6.45) is 3.52. The highest BCUT2D eigenvalue weighted by Gasteiger charge is 2.14. The molecule has 4 nitrogen and oxygen atoms in total. The van der Waals surface area contributed by atoms with Crippen molar-refractivity contribution in [2.45, 2.75) is 13.0 Å². The van der Waals surface area contributed by atoms with E-state index >= 15 is 0 Å². The second kappa shape index (κ2) is 6.47. The molecule has 1 aromatic carbocycles. The summed E-state index contributed by atoms with van der Waals surface area (Å²) in [4.78, 5) is 13.3. The quantitative estimate of drug-likeness (QED) is 0.474. The third-order valence-corrected chi connectivity index (χ3v) is 4.69. The second-order valence-corrected chi connectivity index (χ2v) is 6.54. The van der Waals surface area contributed by atoms with Gasteiger partial charge in [0.25, 0.3) is 0 Å². The first-order chi connectivity index (χ1) is 12.1. The van der Waals surface area contributed by atoms with Gasteiger partial charge in [0, 0.05) is 23.2 Å². The van der Waals surface area contributed by atoms with E-state index in [-0.39, 0.29) is 6.04 Å². The zero-order valence-corrected chi connectivity index (χ0v) is 14.9. The molecule has 1 N–H and O–H groups in total. The van der Waals surface area contributed by atoms with E-state index in [0.717, 1.165) is 33.2 Å². The van der Waals surface area contributed by atoms with Crippen molar-refractivity contribution in [1.82, 2.24) is 15.0 Å². The Morgan fingerprint density at radius 3 is 2.68 bits per heavy atom. The number of anilines is 1. The number of hydrogen-bond donors (Lipinski definition) is 1. The molecule has 3 heterocycles. The largest absolute Gasteiger partial charge is 0.360 e. The Morgan fingerprint density at radius 2 is 1.80 bits per heavy atom. The minimum absolute atomic E-state index is 0.0963. The summed E-state index contributed by atoms with van der Waals surface area (Å²) < 4.78 is 0. The van der Waals surface area contributed by atoms with Crippen LogP contribution in [0.2, 0.25) is 10.2 Å². The number of halogens is 2. The highest BCUT2D eigenvalue weighted by atomic mass is 35.5. The van der Waals surface area contributed by atoms with Crippen LogP contribution in [0, 0.1) is 0 Å². The smallest absolute Gasteiger partial charge is 0.153 e. The van der Waals surface area contributed by atoms with Gasteiger partial charge in [-0.1, -0.05) is 41.4 Å². The van der Waals surface area contributed by atoms with Crippen molar-refractivity contribution >= 4 is 50.7 Å². The molecule has 3 aromatic heterocycles. The lowest BCUT2D eigenvalue weighted by atomic mass is 10.1. The molecule has 6 heteroatoms. The van der Waals surface area contributed by atoms with E-state index in [1.54, 1.807) is 12.4 Å². The van der Waals surface area contributed by atoms with Crippen LogP contribution in [0.1, 0.15) is 18.7 Å². The molecule has 0 amide bonds. The predicted molar refractivity (Wildman–Crippen MR) is 103 cm³/mol. The molecule has 0 unspecified atom stereocenters. The van der Waals surface area contributed by atoms with Crippen molar-refractivity contribution in [3.05, 3.63) is 70.7 Å². The molecule has 1 atom stereocenters. The van der Waals surface area contributed by atoms with Crippen LogP contribution in [-0.2, 0) is 0 Å². The van der Waals surface area contributed by atoms with Crippen LogP contribution in [0.15, 0.2) is 54.9 Å². The molecule has 0 saturated heterocycles. The Hall–Kier alpha value is -2.43. The molecular formula is C19H14Cl2N4. The summed E-state index contributed by atoms with van der Waals surface area (Å²) in [5, 5.41) is 7.14. The Bertz CT molecular complexity index is 1080. The van der Waals surface area contributed by atoms with Crippen LogP contribution in [-0.4, -0.2) is 15.0 Å². The maximum Gasteiger partial charge on any atom is 0.153 e. The monoisotopic (exact) mass is 368 g/mol. The molecule has 4 aromatic rings. The molecule has 0 spiro atoms. The molecule has 0 aliphatic carbocycles. The van der Waals surface area contributed by atoms with Gasteiger partial charge in [0.1, 0.15) is 10.7 Å². The number of nitrogens with one attached hydrogen (secondary N) is 1. The zero-order chi connectivity index (χ0) is 17.4. The molecule has 0 fully saturated rings. The van der Waals surface area contributed by atoms with Crippen molar-refractivity contribution in [3.63, 3.8) is 0 Å². The van der Waals surface area contributed by atoms with Gasteiger partial charge in [-0.3, -0.25) is 4.98 Å². The predicted octanol–water partition coefficient (Wildman–Crippen LogP) is 5.66. The Kier molecular flexibility index (Phi) is 4.15. The normalized spacial score (nSPS) is 12.4. The summed E-state index contributed by atoms with van der Waals surface area (Å²) in [6.45, 7) is 2.01. The average molecular weight is 369 g/mol. The highest BCUT2D eigenvalue weighted by Crippen LogP contribution is 2.32. The number of pyridine rings is 3. The summed E-state index contributed by atoms with van der Waals surface area (Å²) in [5.74, 6) is 0.717. The molecule has 0 saturated carbocycles. The third kappa shape index (κ3) is 2.99. The SMILES string of the molecule is C[C@H](Nc1nccc2cccnc12)c1cc2cccc(Cl)c2c(Cl)n1. The van der Waals surface area contributed by atoms with Crippen molar-refractivity contribution in [2.75, 3.05) is 5.32 Å². The first kappa shape index (κ1) is 16.1. The molecule has 0 bridgehead atoms. The lowest BCUT2D eigenvalue weighted by molar-refractivity contribution is 0.837. The van der Waals surface area contributed by atoms with Gasteiger partial charge in [-0.15, -0.1) is 0 Å². The van der Waals surface area contributed by atoms with Crippen LogP contribution in [0.5, 0.6) is 0 Å². The molecule has 25 heavy (non-hydrogen) atoms. The van der Waals surface area contributed by atoms with E-state index in [4.69, 9.17) is 23.2 Å². The van der Waals surface area contributed by atoms with Gasteiger partial charge < -0.3 is 5.32 Å². The fourth-order valence-electron chi connectivity index (χ4n) is 2.85. The van der Waals surface area contributed by atoms with Crippen LogP contribution in [0.25, 0.3) is 21.7 Å². The number of fused-ring (bicyclic) bond motifs is 2. The van der Waals surface area contributed by atoms with Gasteiger partial charge in [-0.05, 0) is 36.6 Å². The molecule has 0 aliphatic rings. The number of nitrogens with zero attached hydrogens (tertiary/aromatic N) is 3. The fourth-order valence-corrected chi connectivity index (χ4v) is 3.48. The fraction of sp³-hybridized carbons (Fsp3) is 0.105. The number of benzene rings is 1. The minimum Gasteiger partial charge on any atom is -0.360 e. The minimum atomic E-state index is -0.0963. The third-order valence-electron chi connectivity index (χ3n) is 4.10. The van der Waals surface area contributed by atoms with Crippen LogP contribution >= 0.6 is 23.2 Å². The van der Waals surface area contributed by atoms with Crippen molar-refractivity contribution in [3.8, 4) is 0 Å². The lowest BCUT2D eigenvalue weighted by Gasteiger charge is -2.16. The second-order valence-electron chi connectivity index (χ2n) is 5.78. The van der Waals surface area contributed by atoms with Gasteiger partial charge in [0.15, 0.2) is 5.82 Å². The van der Waals surface area contributed by atoms with Gasteiger partial charge >= 0.3 is 0 Å². The first-order valence-electron chi connectivity index (χ1n) is 7.84. The summed E-state index contributed by atoms with van der Waals surface area (Å²) >= 11 is 12.6. The molecule has 0 radical (unpaired) electrons. The van der Waals surface area contributed by atoms with Gasteiger partial charge in [-0.25, -0.2) is 9.97 Å². The zero-order valence-electron chi connectivity index (χ0n) is 13.4. The maximum absolute atomic E-state index is 6.36. The molecule has 4 rings (SSSR count). The summed E-state index contributed by atoms with van der Waals surface area (Å²) in [5.41, 5.74) is 1.64. The standard InChI is InChI=1S/C19H14Cl2N4/c1-11(24-19-17-12(7-9-23-19)5-3-8-22-17)15-10-13-4-2-6-14(20)16(13)18(21)25-15/h2-11H,1H3,(H,23,24)/t11-/m0/s1. The Morgan fingerprint density at radius 1 is 0.960 bits per heavy atom. The molecular weight excluding hydrogens is 355 g/mol. The lowest BCUT2D eigenvalue weighted by Crippen LogP contribution is -2.10. The summed E-state index contributed by atoms with van der Waals surface area (Å²) in [7, 11) is 0. The van der Waals surface area contributed by atoms with Gasteiger partial charge in [0.05, 0.1) is 16.8 Å². The van der Waals surface area contributed by atoms with E-state index in [0.29, 0.717) is 10.2 Å². The topological polar surface area (TPSA) is 50.7 Å². The van der Waals surface area contributed by atoms with E-state index in [9.17, 15) is 0 Å².